The Kier molecular flexibility index (Phi) is 3.10. The summed E-state index contributed by atoms with van der Waals surface area (Å²) in [5.74, 6) is -0.968. The minimum Gasteiger partial charge on any atom is -0.380 e. The lowest BCUT2D eigenvalue weighted by Crippen LogP contribution is -2.52. The molecule has 1 amide bonds. The quantitative estimate of drug-likeness (QED) is 0.874. The van der Waals surface area contributed by atoms with Crippen LogP contribution in [0, 0.1) is 5.82 Å². The second-order valence-electron chi connectivity index (χ2n) is 4.97. The summed E-state index contributed by atoms with van der Waals surface area (Å²) in [6.07, 6.45) is 0.529. The zero-order chi connectivity index (χ0) is 14.3. The first-order valence-electron chi connectivity index (χ1n) is 6.32. The van der Waals surface area contributed by atoms with Crippen LogP contribution in [0.15, 0.2) is 18.2 Å². The average molecular weight is 295 g/mol. The van der Waals surface area contributed by atoms with Crippen molar-refractivity contribution in [2.24, 2.45) is 5.73 Å². The maximum absolute atomic E-state index is 13.6. The van der Waals surface area contributed by atoms with Crippen LogP contribution in [-0.4, -0.2) is 34.7 Å². The first kappa shape index (κ1) is 13.3. The number of thiazole rings is 1. The Morgan fingerprint density at radius 3 is 2.75 bits per heavy atom. The third-order valence-electron chi connectivity index (χ3n) is 3.68. The first-order chi connectivity index (χ1) is 9.49. The molecule has 1 saturated heterocycles. The summed E-state index contributed by atoms with van der Waals surface area (Å²) >= 11 is 1.28. The number of benzene rings is 1. The van der Waals surface area contributed by atoms with Gasteiger partial charge in [-0.05, 0) is 12.1 Å². The molecule has 5 nitrogen and oxygen atoms in total. The molecule has 0 radical (unpaired) electrons. The van der Waals surface area contributed by atoms with Crippen LogP contribution in [-0.2, 0) is 4.79 Å². The average Bonchev–Trinajstić information content (AvgIpc) is 2.85. The molecule has 0 aliphatic carbocycles. The van der Waals surface area contributed by atoms with Crippen molar-refractivity contribution in [1.29, 1.82) is 0 Å². The highest BCUT2D eigenvalue weighted by Crippen LogP contribution is 2.33. The summed E-state index contributed by atoms with van der Waals surface area (Å²) in [6.45, 7) is 0.946. The van der Waals surface area contributed by atoms with Crippen LogP contribution in [0.5, 0.6) is 0 Å². The van der Waals surface area contributed by atoms with E-state index in [1.54, 1.807) is 12.1 Å². The number of hydrogen-bond donors (Lipinski definition) is 2. The number of fused-ring (bicyclic) bond motifs is 1. The molecule has 0 atom stereocenters. The molecule has 2 heterocycles. The number of carbonyl (C=O) groups excluding carboxylic acids is 1. The van der Waals surface area contributed by atoms with Gasteiger partial charge in [0.2, 0.25) is 5.91 Å². The Hall–Kier alpha value is -1.73. The van der Waals surface area contributed by atoms with Crippen molar-refractivity contribution < 1.29 is 14.3 Å². The second-order valence-corrected chi connectivity index (χ2v) is 5.94. The summed E-state index contributed by atoms with van der Waals surface area (Å²) < 4.78 is 14.2. The lowest BCUT2D eigenvalue weighted by atomic mass is 9.91. The number of rotatable bonds is 2. The van der Waals surface area contributed by atoms with Crippen molar-refractivity contribution >= 4 is 32.6 Å². The Balaban J connectivity index is 1.83. The zero-order valence-corrected chi connectivity index (χ0v) is 11.5. The van der Waals surface area contributed by atoms with Gasteiger partial charge in [-0.15, -0.1) is 0 Å². The second kappa shape index (κ2) is 4.68. The summed E-state index contributed by atoms with van der Waals surface area (Å²) in [6, 6.07) is 4.80. The monoisotopic (exact) mass is 295 g/mol. The van der Waals surface area contributed by atoms with Gasteiger partial charge in [-0.2, -0.15) is 0 Å². The Bertz CT molecular complexity index is 665. The predicted octanol–water partition coefficient (Wildman–Crippen LogP) is 1.25. The topological polar surface area (TPSA) is 79.5 Å². The van der Waals surface area contributed by atoms with Gasteiger partial charge < -0.3 is 15.7 Å². The SMILES string of the molecule is NC(=O)C1(O)CCN(c2nc3cccc(F)c3s2)CC1. The van der Waals surface area contributed by atoms with Gasteiger partial charge in [0, 0.05) is 25.9 Å². The molecule has 7 heteroatoms. The highest BCUT2D eigenvalue weighted by Gasteiger charge is 2.38. The van der Waals surface area contributed by atoms with Gasteiger partial charge >= 0.3 is 0 Å². The highest BCUT2D eigenvalue weighted by molar-refractivity contribution is 7.22. The van der Waals surface area contributed by atoms with E-state index in [2.05, 4.69) is 4.98 Å². The minimum absolute atomic E-state index is 0.265. The van der Waals surface area contributed by atoms with Crippen LogP contribution >= 0.6 is 11.3 Å². The lowest BCUT2D eigenvalue weighted by Gasteiger charge is -2.35. The van der Waals surface area contributed by atoms with Crippen LogP contribution in [0.3, 0.4) is 0 Å². The van der Waals surface area contributed by atoms with E-state index >= 15 is 0 Å². The molecule has 1 aromatic heterocycles. The fourth-order valence-corrected chi connectivity index (χ4v) is 3.38. The van der Waals surface area contributed by atoms with Crippen molar-refractivity contribution in [1.82, 2.24) is 4.98 Å². The Morgan fingerprint density at radius 2 is 2.15 bits per heavy atom. The van der Waals surface area contributed by atoms with Gasteiger partial charge in [0.05, 0.1) is 10.2 Å². The summed E-state index contributed by atoms with van der Waals surface area (Å²) in [4.78, 5) is 17.5. The van der Waals surface area contributed by atoms with Crippen LogP contribution in [0.2, 0.25) is 0 Å². The third-order valence-corrected chi connectivity index (χ3v) is 4.82. The summed E-state index contributed by atoms with van der Waals surface area (Å²) in [5, 5.41) is 10.7. The molecule has 0 saturated carbocycles. The number of primary amides is 1. The molecule has 20 heavy (non-hydrogen) atoms. The summed E-state index contributed by atoms with van der Waals surface area (Å²) in [5.41, 5.74) is 4.39. The maximum Gasteiger partial charge on any atom is 0.249 e. The number of amides is 1. The minimum atomic E-state index is -1.43. The number of nitrogens with two attached hydrogens (primary N) is 1. The normalized spacial score (nSPS) is 18.4. The standard InChI is InChI=1S/C13H14FN3O2S/c14-8-2-1-3-9-10(8)20-12(16-9)17-6-4-13(19,5-7-17)11(15)18/h1-3,19H,4-7H2,(H2,15,18). The maximum atomic E-state index is 13.6. The van der Waals surface area contributed by atoms with Crippen LogP contribution < -0.4 is 10.6 Å². The van der Waals surface area contributed by atoms with Crippen LogP contribution in [0.25, 0.3) is 10.2 Å². The van der Waals surface area contributed by atoms with E-state index in [1.807, 2.05) is 4.90 Å². The van der Waals surface area contributed by atoms with Crippen molar-refractivity contribution in [3.05, 3.63) is 24.0 Å². The van der Waals surface area contributed by atoms with Gasteiger partial charge in [-0.3, -0.25) is 4.79 Å². The van der Waals surface area contributed by atoms with E-state index < -0.39 is 11.5 Å². The van der Waals surface area contributed by atoms with Gasteiger partial charge in [0.1, 0.15) is 11.4 Å². The molecule has 0 bridgehead atoms. The summed E-state index contributed by atoms with van der Waals surface area (Å²) in [7, 11) is 0. The predicted molar refractivity (Wildman–Crippen MR) is 75.2 cm³/mol. The number of halogens is 1. The van der Waals surface area contributed by atoms with Gasteiger partial charge in [0.15, 0.2) is 5.13 Å². The van der Waals surface area contributed by atoms with Crippen LogP contribution in [0.1, 0.15) is 12.8 Å². The smallest absolute Gasteiger partial charge is 0.249 e. The van der Waals surface area contributed by atoms with Crippen molar-refractivity contribution in [2.45, 2.75) is 18.4 Å². The fraction of sp³-hybridized carbons (Fsp3) is 0.385. The number of aliphatic hydroxyl groups is 1. The molecule has 0 unspecified atom stereocenters. The van der Waals surface area contributed by atoms with E-state index in [1.165, 1.54) is 17.4 Å². The number of piperidine rings is 1. The Morgan fingerprint density at radius 1 is 1.45 bits per heavy atom. The molecule has 1 fully saturated rings. The number of nitrogens with zero attached hydrogens (tertiary/aromatic N) is 2. The van der Waals surface area contributed by atoms with Gasteiger partial charge in [-0.25, -0.2) is 9.37 Å². The van der Waals surface area contributed by atoms with Crippen molar-refractivity contribution in [3.63, 3.8) is 0 Å². The van der Waals surface area contributed by atoms with Gasteiger partial charge in [0.25, 0.3) is 0 Å². The van der Waals surface area contributed by atoms with E-state index in [9.17, 15) is 14.3 Å². The van der Waals surface area contributed by atoms with E-state index in [-0.39, 0.29) is 18.7 Å². The largest absolute Gasteiger partial charge is 0.380 e. The van der Waals surface area contributed by atoms with Crippen LogP contribution in [0.4, 0.5) is 9.52 Å². The molecule has 2 aromatic rings. The molecule has 3 rings (SSSR count). The molecular weight excluding hydrogens is 281 g/mol. The molecule has 106 valence electrons. The lowest BCUT2D eigenvalue weighted by molar-refractivity contribution is -0.138. The fourth-order valence-electron chi connectivity index (χ4n) is 2.35. The molecule has 3 N–H and O–H groups in total. The van der Waals surface area contributed by atoms with E-state index in [0.29, 0.717) is 28.4 Å². The van der Waals surface area contributed by atoms with E-state index in [4.69, 9.17) is 5.73 Å². The number of anilines is 1. The highest BCUT2D eigenvalue weighted by atomic mass is 32.1. The van der Waals surface area contributed by atoms with Crippen molar-refractivity contribution in [3.8, 4) is 0 Å². The first-order valence-corrected chi connectivity index (χ1v) is 7.13. The Labute approximate surface area is 118 Å². The molecular formula is C13H14FN3O2S. The van der Waals surface area contributed by atoms with Gasteiger partial charge in [-0.1, -0.05) is 17.4 Å². The number of aromatic nitrogens is 1. The van der Waals surface area contributed by atoms with E-state index in [0.717, 1.165) is 0 Å². The zero-order valence-electron chi connectivity index (χ0n) is 10.7. The molecule has 1 aliphatic rings. The molecule has 1 aromatic carbocycles. The third kappa shape index (κ3) is 2.12. The number of hydrogen-bond acceptors (Lipinski definition) is 5. The molecule has 0 spiro atoms. The molecule has 1 aliphatic heterocycles. The van der Waals surface area contributed by atoms with Crippen molar-refractivity contribution in [2.75, 3.05) is 18.0 Å². The number of carbonyl (C=O) groups is 1.